The highest BCUT2D eigenvalue weighted by atomic mass is 16.3. The number of furan rings is 1. The Morgan fingerprint density at radius 2 is 1.17 bits per heavy atom. The van der Waals surface area contributed by atoms with Gasteiger partial charge < -0.3 is 19.2 Å². The Balaban J connectivity index is 1.12. The van der Waals surface area contributed by atoms with Crippen molar-refractivity contribution in [1.29, 1.82) is 0 Å². The monoisotopic (exact) mass is 815 g/mol. The molecule has 2 aliphatic rings. The quantitative estimate of drug-likeness (QED) is 0.170. The molecule has 0 aliphatic heterocycles. The molecule has 8 aromatic carbocycles. The van der Waals surface area contributed by atoms with Gasteiger partial charge in [-0.15, -0.1) is 0 Å². The Morgan fingerprint density at radius 1 is 0.492 bits per heavy atom. The zero-order valence-corrected chi connectivity index (χ0v) is 35.6. The van der Waals surface area contributed by atoms with Crippen LogP contribution in [0.4, 0.5) is 0 Å². The van der Waals surface area contributed by atoms with Crippen molar-refractivity contribution in [3.8, 4) is 56.0 Å². The molecule has 0 amide bonds. The summed E-state index contributed by atoms with van der Waals surface area (Å²) in [6.45, 7) is 5.70. The summed E-state index contributed by atoms with van der Waals surface area (Å²) < 4.78 is 9.07. The number of phenols is 2. The summed E-state index contributed by atoms with van der Waals surface area (Å²) >= 11 is 0. The Bertz CT molecular complexity index is 3590. The van der Waals surface area contributed by atoms with Gasteiger partial charge in [-0.2, -0.15) is 0 Å². The van der Waals surface area contributed by atoms with E-state index in [-0.39, 0.29) is 11.5 Å². The molecule has 0 saturated carbocycles. The van der Waals surface area contributed by atoms with Crippen molar-refractivity contribution in [2.45, 2.75) is 46.5 Å². The number of hydrogen-bond donors (Lipinski definition) is 2. The van der Waals surface area contributed by atoms with Crippen LogP contribution in [0.3, 0.4) is 0 Å². The highest BCUT2D eigenvalue weighted by molar-refractivity contribution is 6.23. The van der Waals surface area contributed by atoms with Gasteiger partial charge in [0.05, 0.1) is 5.52 Å². The molecule has 0 radical (unpaired) electrons. The minimum absolute atomic E-state index is 0.115. The van der Waals surface area contributed by atoms with Crippen LogP contribution in [0.5, 0.6) is 11.5 Å². The number of para-hydroxylation sites is 1. The lowest BCUT2D eigenvalue weighted by molar-refractivity contribution is 0.441. The number of allylic oxidation sites excluding steroid dienone is 5. The van der Waals surface area contributed by atoms with Crippen molar-refractivity contribution in [2.24, 2.45) is 0 Å². The number of benzene rings is 8. The largest absolute Gasteiger partial charge is 0.507 e. The van der Waals surface area contributed by atoms with E-state index in [9.17, 15) is 10.2 Å². The number of hydrogen-bond acceptors (Lipinski definition) is 3. The molecule has 4 nitrogen and oxygen atoms in total. The molecule has 0 spiro atoms. The lowest BCUT2D eigenvalue weighted by Gasteiger charge is -2.22. The van der Waals surface area contributed by atoms with Gasteiger partial charge in [0.25, 0.3) is 0 Å². The maximum absolute atomic E-state index is 11.8. The smallest absolute Gasteiger partial charge is 0.136 e. The first-order chi connectivity index (χ1) is 30.9. The Labute approximate surface area is 366 Å². The van der Waals surface area contributed by atoms with Gasteiger partial charge in [0, 0.05) is 49.8 Å². The van der Waals surface area contributed by atoms with E-state index in [1.54, 1.807) is 6.92 Å². The van der Waals surface area contributed by atoms with E-state index in [0.29, 0.717) is 5.56 Å². The van der Waals surface area contributed by atoms with Crippen LogP contribution in [0, 0.1) is 20.8 Å². The van der Waals surface area contributed by atoms with Crippen LogP contribution in [0.25, 0.3) is 111 Å². The number of fused-ring (bicyclic) bond motifs is 8. The summed E-state index contributed by atoms with van der Waals surface area (Å²) in [5.74, 6) is 0.255. The molecule has 0 saturated heterocycles. The van der Waals surface area contributed by atoms with Crippen molar-refractivity contribution in [2.75, 3.05) is 0 Å². The number of aromatic nitrogens is 1. The molecule has 2 aromatic heterocycles. The lowest BCUT2D eigenvalue weighted by atomic mass is 9.82. The molecule has 10 aromatic rings. The minimum atomic E-state index is 0.115. The lowest BCUT2D eigenvalue weighted by Crippen LogP contribution is -2.02. The summed E-state index contributed by atoms with van der Waals surface area (Å²) in [6.07, 6.45) is 15.8. The normalized spacial score (nSPS) is 13.8. The maximum atomic E-state index is 11.8. The van der Waals surface area contributed by atoms with Gasteiger partial charge in [-0.25, -0.2) is 0 Å². The Morgan fingerprint density at radius 3 is 1.92 bits per heavy atom. The molecule has 0 bridgehead atoms. The summed E-state index contributed by atoms with van der Waals surface area (Å²) in [5, 5.41) is 30.5. The Kier molecular flexibility index (Phi) is 8.42. The molecule has 2 heterocycles. The fourth-order valence-corrected chi connectivity index (χ4v) is 10.8. The van der Waals surface area contributed by atoms with E-state index in [2.05, 4.69) is 156 Å². The van der Waals surface area contributed by atoms with Crippen molar-refractivity contribution >= 4 is 66.2 Å². The van der Waals surface area contributed by atoms with Gasteiger partial charge in [0.2, 0.25) is 0 Å². The predicted octanol–water partition coefficient (Wildman–Crippen LogP) is 16.0. The maximum Gasteiger partial charge on any atom is 0.136 e. The minimum Gasteiger partial charge on any atom is -0.507 e. The second-order valence-corrected chi connectivity index (χ2v) is 17.3. The van der Waals surface area contributed by atoms with E-state index >= 15 is 0 Å². The van der Waals surface area contributed by atoms with E-state index in [1.807, 2.05) is 19.9 Å². The van der Waals surface area contributed by atoms with Gasteiger partial charge >= 0.3 is 0 Å². The summed E-state index contributed by atoms with van der Waals surface area (Å²) in [7, 11) is 0. The second-order valence-electron chi connectivity index (χ2n) is 17.3. The third-order valence-corrected chi connectivity index (χ3v) is 13.9. The molecule has 4 heteroatoms. The van der Waals surface area contributed by atoms with Crippen LogP contribution in [0.15, 0.2) is 156 Å². The molecule has 0 fully saturated rings. The van der Waals surface area contributed by atoms with Gasteiger partial charge in [-0.3, -0.25) is 0 Å². The van der Waals surface area contributed by atoms with Crippen LogP contribution in [-0.4, -0.2) is 14.8 Å². The van der Waals surface area contributed by atoms with Gasteiger partial charge in [-0.05, 0) is 149 Å². The fourth-order valence-electron chi connectivity index (χ4n) is 10.8. The summed E-state index contributed by atoms with van der Waals surface area (Å²) in [4.78, 5) is 0. The molecule has 304 valence electrons. The summed E-state index contributed by atoms with van der Waals surface area (Å²) in [5.41, 5.74) is 17.6. The third-order valence-electron chi connectivity index (χ3n) is 13.9. The van der Waals surface area contributed by atoms with Gasteiger partial charge in [0.1, 0.15) is 22.7 Å². The van der Waals surface area contributed by atoms with Crippen molar-refractivity contribution in [1.82, 2.24) is 4.57 Å². The topological polar surface area (TPSA) is 58.5 Å². The first-order valence-corrected chi connectivity index (χ1v) is 22.1. The average molecular weight is 816 g/mol. The van der Waals surface area contributed by atoms with Crippen LogP contribution in [-0.2, 0) is 6.42 Å². The molecule has 63 heavy (non-hydrogen) atoms. The average Bonchev–Trinajstić information content (AvgIpc) is 3.88. The highest BCUT2D eigenvalue weighted by Crippen LogP contribution is 2.51. The van der Waals surface area contributed by atoms with Crippen molar-refractivity contribution < 1.29 is 14.6 Å². The van der Waals surface area contributed by atoms with E-state index in [1.165, 1.54) is 27.9 Å². The van der Waals surface area contributed by atoms with Crippen LogP contribution < -0.4 is 0 Å². The Hall–Kier alpha value is -7.56. The SMILES string of the molecule is Cc1c(C)c(-c2c3ccccc3c(-c3cccc(-c4ccc5oc6ccccc6c5c4-c4ccc5c6c(n(C7=CCCC=C7)c5c4)C=CCC6)c3)c3ccccc23)c(O)c(C)c1O. The van der Waals surface area contributed by atoms with Crippen molar-refractivity contribution in [3.63, 3.8) is 0 Å². The zero-order valence-electron chi connectivity index (χ0n) is 35.6. The number of nitrogens with zero attached hydrogens (tertiary/aromatic N) is 1. The molecule has 2 aliphatic carbocycles. The predicted molar refractivity (Wildman–Crippen MR) is 264 cm³/mol. The van der Waals surface area contributed by atoms with E-state index < -0.39 is 0 Å². The third kappa shape index (κ3) is 5.54. The number of rotatable bonds is 5. The van der Waals surface area contributed by atoms with E-state index in [4.69, 9.17) is 4.42 Å². The molecule has 2 N–H and O–H groups in total. The molecule has 0 unspecified atom stereocenters. The van der Waals surface area contributed by atoms with Crippen molar-refractivity contribution in [3.05, 3.63) is 180 Å². The van der Waals surface area contributed by atoms with E-state index in [0.717, 1.165) is 125 Å². The summed E-state index contributed by atoms with van der Waals surface area (Å²) in [6, 6.07) is 45.9. The fraction of sp³-hybridized carbons (Fsp3) is 0.119. The first-order valence-electron chi connectivity index (χ1n) is 22.1. The molecular weight excluding hydrogens is 771 g/mol. The van der Waals surface area contributed by atoms with Crippen LogP contribution in [0.1, 0.15) is 47.2 Å². The second kappa shape index (κ2) is 14.3. The van der Waals surface area contributed by atoms with Gasteiger partial charge in [-0.1, -0.05) is 121 Å². The number of aromatic hydroxyl groups is 2. The highest BCUT2D eigenvalue weighted by Gasteiger charge is 2.26. The molecular formula is C59H45NO3. The zero-order chi connectivity index (χ0) is 42.5. The molecule has 12 rings (SSSR count). The van der Waals surface area contributed by atoms with Gasteiger partial charge in [0.15, 0.2) is 0 Å². The number of aryl methyl sites for hydroxylation is 1. The van der Waals surface area contributed by atoms with Crippen LogP contribution >= 0.6 is 0 Å². The molecule has 0 atom stereocenters. The first kappa shape index (κ1) is 37.2. The number of phenolic OH excluding ortho intramolecular Hbond substituents is 2. The standard InChI is InChI=1S/C59H45NO3/c1-34-35(2)58(61)36(3)59(62)53(34)56-46-23-9-7-21-44(46)54(45-22-8-10-24-47(45)56)38-17-15-16-37(32-38)41-30-31-52-57(48-25-12-14-27-51(48)63-52)55(41)39-28-29-43-42-20-11-13-26-49(42)60(50(43)33-39)40-18-5-4-6-19-40/h5,7-10,12-19,21-33,61-62H,4,6,11,20H2,1-3H3. The van der Waals surface area contributed by atoms with Crippen LogP contribution in [0.2, 0.25) is 0 Å².